The molecule has 0 bridgehead atoms. The third kappa shape index (κ3) is 2.18. The fourth-order valence-corrected chi connectivity index (χ4v) is 3.10. The predicted octanol–water partition coefficient (Wildman–Crippen LogP) is 1.75. The highest BCUT2D eigenvalue weighted by Crippen LogP contribution is 2.45. The van der Waals surface area contributed by atoms with E-state index >= 15 is 0 Å². The highest BCUT2D eigenvalue weighted by atomic mass is 16.2. The molecule has 2 heterocycles. The Balaban J connectivity index is 2.03. The number of rotatable bonds is 2. The molecule has 1 aliphatic rings. The first-order valence-corrected chi connectivity index (χ1v) is 7.08. The number of nitrogens with one attached hydrogen (secondary N) is 2. The minimum absolute atomic E-state index is 0.0259. The second kappa shape index (κ2) is 4.62. The quantitative estimate of drug-likeness (QED) is 0.883. The number of benzene rings is 1. The molecule has 0 fully saturated rings. The average molecular weight is 285 g/mol. The Labute approximate surface area is 122 Å². The molecule has 21 heavy (non-hydrogen) atoms. The van der Waals surface area contributed by atoms with Crippen LogP contribution in [0, 0.1) is 0 Å². The van der Waals surface area contributed by atoms with E-state index in [9.17, 15) is 9.59 Å². The van der Waals surface area contributed by atoms with Gasteiger partial charge in [-0.05, 0) is 18.6 Å². The molecule has 0 amide bonds. The lowest BCUT2D eigenvalue weighted by Crippen LogP contribution is -2.39. The molecule has 1 aliphatic heterocycles. The number of anilines is 1. The van der Waals surface area contributed by atoms with Gasteiger partial charge in [-0.3, -0.25) is 9.78 Å². The van der Waals surface area contributed by atoms with Crippen LogP contribution in [0.15, 0.2) is 39.9 Å². The molecule has 0 saturated carbocycles. The number of aromatic amines is 2. The zero-order valence-corrected chi connectivity index (χ0v) is 12.4. The summed E-state index contributed by atoms with van der Waals surface area (Å²) < 4.78 is 0. The Hall–Kier alpha value is -2.30. The van der Waals surface area contributed by atoms with Crippen LogP contribution in [-0.2, 0) is 12.0 Å². The maximum Gasteiger partial charge on any atom is 0.325 e. The Morgan fingerprint density at radius 1 is 1.19 bits per heavy atom. The van der Waals surface area contributed by atoms with Gasteiger partial charge in [0.15, 0.2) is 0 Å². The highest BCUT2D eigenvalue weighted by molar-refractivity contribution is 5.63. The molecule has 1 unspecified atom stereocenters. The van der Waals surface area contributed by atoms with E-state index in [1.54, 1.807) is 0 Å². The fourth-order valence-electron chi connectivity index (χ4n) is 3.10. The molecule has 0 radical (unpaired) electrons. The number of fused-ring (bicyclic) bond motifs is 1. The first-order chi connectivity index (χ1) is 9.89. The standard InChI is InChI=1S/C16H19N3O2/c1-10-16(2,3)12-6-4-5-7-13(12)19(10)9-11-8-14(20)18-15(21)17-11/h4-8,10H,9H2,1-3H3,(H2,17,18,20,21). The summed E-state index contributed by atoms with van der Waals surface area (Å²) in [6.45, 7) is 7.13. The summed E-state index contributed by atoms with van der Waals surface area (Å²) in [5.74, 6) is 0. The van der Waals surface area contributed by atoms with E-state index < -0.39 is 5.69 Å². The molecule has 1 atom stereocenters. The van der Waals surface area contributed by atoms with Gasteiger partial charge in [0.25, 0.3) is 5.56 Å². The minimum atomic E-state index is -0.461. The van der Waals surface area contributed by atoms with Crippen molar-refractivity contribution in [1.82, 2.24) is 9.97 Å². The van der Waals surface area contributed by atoms with E-state index in [4.69, 9.17) is 0 Å². The molecule has 5 heteroatoms. The number of para-hydroxylation sites is 1. The Kier molecular flexibility index (Phi) is 3.01. The van der Waals surface area contributed by atoms with Crippen molar-refractivity contribution >= 4 is 5.69 Å². The van der Waals surface area contributed by atoms with Gasteiger partial charge in [-0.15, -0.1) is 0 Å². The summed E-state index contributed by atoms with van der Waals surface area (Å²) in [4.78, 5) is 30.0. The van der Waals surface area contributed by atoms with Crippen LogP contribution in [0.4, 0.5) is 5.69 Å². The summed E-state index contributed by atoms with van der Waals surface area (Å²) in [6.07, 6.45) is 0. The van der Waals surface area contributed by atoms with Gasteiger partial charge in [0, 0.05) is 28.9 Å². The van der Waals surface area contributed by atoms with Crippen LogP contribution >= 0.6 is 0 Å². The second-order valence-electron chi connectivity index (χ2n) is 6.16. The van der Waals surface area contributed by atoms with Crippen molar-refractivity contribution in [1.29, 1.82) is 0 Å². The van der Waals surface area contributed by atoms with E-state index in [2.05, 4.69) is 47.8 Å². The van der Waals surface area contributed by atoms with Crippen LogP contribution in [0.1, 0.15) is 32.0 Å². The van der Waals surface area contributed by atoms with Crippen molar-refractivity contribution in [2.75, 3.05) is 4.90 Å². The van der Waals surface area contributed by atoms with Crippen LogP contribution < -0.4 is 16.1 Å². The number of aromatic nitrogens is 2. The maximum atomic E-state index is 11.4. The lowest BCUT2D eigenvalue weighted by atomic mass is 9.81. The largest absolute Gasteiger partial charge is 0.362 e. The molecule has 1 aromatic heterocycles. The molecule has 2 N–H and O–H groups in total. The van der Waals surface area contributed by atoms with Crippen molar-refractivity contribution < 1.29 is 0 Å². The Morgan fingerprint density at radius 2 is 1.90 bits per heavy atom. The van der Waals surface area contributed by atoms with E-state index in [0.717, 1.165) is 5.69 Å². The molecule has 5 nitrogen and oxygen atoms in total. The van der Waals surface area contributed by atoms with Gasteiger partial charge < -0.3 is 9.88 Å². The summed E-state index contributed by atoms with van der Waals surface area (Å²) in [5, 5.41) is 0. The van der Waals surface area contributed by atoms with Crippen molar-refractivity contribution in [3.63, 3.8) is 0 Å². The van der Waals surface area contributed by atoms with Crippen molar-refractivity contribution in [2.24, 2.45) is 0 Å². The van der Waals surface area contributed by atoms with E-state index in [0.29, 0.717) is 12.2 Å². The zero-order chi connectivity index (χ0) is 15.2. The lowest BCUT2D eigenvalue weighted by Gasteiger charge is -2.31. The van der Waals surface area contributed by atoms with Gasteiger partial charge in [0.2, 0.25) is 0 Å². The molecule has 2 aromatic rings. The van der Waals surface area contributed by atoms with Crippen LogP contribution in [0.3, 0.4) is 0 Å². The average Bonchev–Trinajstić information content (AvgIpc) is 2.60. The molecule has 1 aromatic carbocycles. The highest BCUT2D eigenvalue weighted by Gasteiger charge is 2.41. The molecular weight excluding hydrogens is 266 g/mol. The van der Waals surface area contributed by atoms with Gasteiger partial charge in [-0.2, -0.15) is 0 Å². The molecule has 0 spiro atoms. The number of hydrogen-bond donors (Lipinski definition) is 2. The number of hydrogen-bond acceptors (Lipinski definition) is 3. The maximum absolute atomic E-state index is 11.4. The third-order valence-electron chi connectivity index (χ3n) is 4.58. The minimum Gasteiger partial charge on any atom is -0.362 e. The summed E-state index contributed by atoms with van der Waals surface area (Å²) in [6, 6.07) is 10.0. The first kappa shape index (κ1) is 13.7. The van der Waals surface area contributed by atoms with Gasteiger partial charge in [0.05, 0.1) is 6.54 Å². The number of nitrogens with zero attached hydrogens (tertiary/aromatic N) is 1. The SMILES string of the molecule is CC1N(Cc2cc(=O)[nH]c(=O)[nH]2)c2ccccc2C1(C)C. The van der Waals surface area contributed by atoms with Gasteiger partial charge >= 0.3 is 5.69 Å². The van der Waals surface area contributed by atoms with Crippen LogP contribution in [-0.4, -0.2) is 16.0 Å². The molecule has 0 saturated heterocycles. The topological polar surface area (TPSA) is 69.0 Å². The predicted molar refractivity (Wildman–Crippen MR) is 82.8 cm³/mol. The first-order valence-electron chi connectivity index (χ1n) is 7.08. The lowest BCUT2D eigenvalue weighted by molar-refractivity contribution is 0.439. The monoisotopic (exact) mass is 285 g/mol. The summed E-state index contributed by atoms with van der Waals surface area (Å²) in [7, 11) is 0. The third-order valence-corrected chi connectivity index (χ3v) is 4.58. The number of H-pyrrole nitrogens is 2. The van der Waals surface area contributed by atoms with Gasteiger partial charge in [-0.25, -0.2) is 4.79 Å². The molecular formula is C16H19N3O2. The normalized spacial score (nSPS) is 19.6. The Bertz CT molecular complexity index is 760. The summed E-state index contributed by atoms with van der Waals surface area (Å²) in [5.41, 5.74) is 2.28. The Morgan fingerprint density at radius 3 is 2.62 bits per heavy atom. The smallest absolute Gasteiger partial charge is 0.325 e. The van der Waals surface area contributed by atoms with Gasteiger partial charge in [0.1, 0.15) is 0 Å². The fraction of sp³-hybridized carbons (Fsp3) is 0.375. The van der Waals surface area contributed by atoms with Gasteiger partial charge in [-0.1, -0.05) is 32.0 Å². The van der Waals surface area contributed by atoms with Crippen LogP contribution in [0.5, 0.6) is 0 Å². The van der Waals surface area contributed by atoms with Crippen molar-refractivity contribution in [3.05, 3.63) is 62.4 Å². The summed E-state index contributed by atoms with van der Waals surface area (Å²) >= 11 is 0. The van der Waals surface area contributed by atoms with E-state index in [1.165, 1.54) is 11.6 Å². The van der Waals surface area contributed by atoms with E-state index in [-0.39, 0.29) is 17.0 Å². The van der Waals surface area contributed by atoms with Crippen molar-refractivity contribution in [2.45, 2.75) is 38.8 Å². The van der Waals surface area contributed by atoms with E-state index in [1.807, 2.05) is 12.1 Å². The van der Waals surface area contributed by atoms with Crippen molar-refractivity contribution in [3.8, 4) is 0 Å². The molecule has 3 rings (SSSR count). The molecule has 110 valence electrons. The van der Waals surface area contributed by atoms with Crippen LogP contribution in [0.2, 0.25) is 0 Å². The second-order valence-corrected chi connectivity index (χ2v) is 6.16. The van der Waals surface area contributed by atoms with Crippen LogP contribution in [0.25, 0.3) is 0 Å². The zero-order valence-electron chi connectivity index (χ0n) is 12.4. The molecule has 0 aliphatic carbocycles.